The molecule has 0 aliphatic carbocycles. The number of pyridine rings is 2. The zero-order valence-corrected chi connectivity index (χ0v) is 11.3. The van der Waals surface area contributed by atoms with Gasteiger partial charge in [0.05, 0.1) is 35.9 Å². The molecule has 0 aliphatic rings. The Labute approximate surface area is 116 Å². The van der Waals surface area contributed by atoms with E-state index < -0.39 is 5.97 Å². The van der Waals surface area contributed by atoms with Gasteiger partial charge in [-0.1, -0.05) is 6.07 Å². The van der Waals surface area contributed by atoms with Gasteiger partial charge in [0.2, 0.25) is 5.88 Å². The first-order chi connectivity index (χ1) is 9.60. The maximum Gasteiger partial charge on any atom is 0.340 e. The Hall–Kier alpha value is -2.63. The van der Waals surface area contributed by atoms with Gasteiger partial charge in [-0.2, -0.15) is 0 Å². The van der Waals surface area contributed by atoms with Gasteiger partial charge in [0.1, 0.15) is 6.61 Å². The number of nitrogens with zero attached hydrogens (tertiary/aromatic N) is 2. The number of methoxy groups -OCH3 is 1. The number of nitrogens with two attached hydrogens (primary N) is 1. The Bertz CT molecular complexity index is 629. The number of hydrogen-bond donors (Lipinski definition) is 1. The number of hydrogen-bond acceptors (Lipinski definition) is 6. The smallest absolute Gasteiger partial charge is 0.340 e. The number of ether oxygens (including phenoxy) is 2. The van der Waals surface area contributed by atoms with Crippen LogP contribution in [-0.4, -0.2) is 23.0 Å². The van der Waals surface area contributed by atoms with Crippen molar-refractivity contribution in [3.05, 3.63) is 47.4 Å². The molecule has 0 aliphatic heterocycles. The van der Waals surface area contributed by atoms with Crippen molar-refractivity contribution in [2.45, 2.75) is 13.5 Å². The van der Waals surface area contributed by atoms with Crippen LogP contribution in [0.15, 0.2) is 30.5 Å². The molecule has 0 saturated carbocycles. The van der Waals surface area contributed by atoms with Crippen LogP contribution < -0.4 is 10.5 Å². The first-order valence-corrected chi connectivity index (χ1v) is 5.99. The normalized spacial score (nSPS) is 10.1. The third-order valence-corrected chi connectivity index (χ3v) is 2.67. The average molecular weight is 273 g/mol. The fourth-order valence-electron chi connectivity index (χ4n) is 1.62. The van der Waals surface area contributed by atoms with Crippen LogP contribution in [0, 0.1) is 6.92 Å². The van der Waals surface area contributed by atoms with E-state index in [0.717, 1.165) is 0 Å². The Morgan fingerprint density at radius 1 is 1.40 bits per heavy atom. The van der Waals surface area contributed by atoms with Gasteiger partial charge < -0.3 is 15.2 Å². The second-order valence-corrected chi connectivity index (χ2v) is 4.15. The quantitative estimate of drug-likeness (QED) is 0.854. The molecule has 0 radical (unpaired) electrons. The molecule has 0 fully saturated rings. The van der Waals surface area contributed by atoms with Gasteiger partial charge in [-0.25, -0.2) is 9.78 Å². The molecule has 6 nitrogen and oxygen atoms in total. The number of aromatic nitrogens is 2. The number of esters is 1. The summed E-state index contributed by atoms with van der Waals surface area (Å²) in [6, 6.07) is 6.80. The van der Waals surface area contributed by atoms with Gasteiger partial charge in [-0.15, -0.1) is 0 Å². The topological polar surface area (TPSA) is 87.3 Å². The first-order valence-electron chi connectivity index (χ1n) is 5.99. The molecule has 6 heteroatoms. The van der Waals surface area contributed by atoms with Gasteiger partial charge in [0.15, 0.2) is 0 Å². The molecule has 0 aromatic carbocycles. The predicted molar refractivity (Wildman–Crippen MR) is 73.3 cm³/mol. The van der Waals surface area contributed by atoms with Crippen molar-refractivity contribution in [3.63, 3.8) is 0 Å². The zero-order chi connectivity index (χ0) is 14.5. The first kappa shape index (κ1) is 13.8. The number of carbonyl (C=O) groups excluding carboxylic acids is 1. The maximum atomic E-state index is 12.0. The van der Waals surface area contributed by atoms with E-state index in [0.29, 0.717) is 28.5 Å². The summed E-state index contributed by atoms with van der Waals surface area (Å²) in [5.41, 5.74) is 7.56. The number of rotatable bonds is 4. The number of nitrogen functional groups attached to an aromatic ring is 1. The summed E-state index contributed by atoms with van der Waals surface area (Å²) in [6.07, 6.45) is 1.50. The molecular weight excluding hydrogens is 258 g/mol. The van der Waals surface area contributed by atoms with E-state index in [-0.39, 0.29) is 6.61 Å². The predicted octanol–water partition coefficient (Wildman–Crippen LogP) is 1.73. The summed E-state index contributed by atoms with van der Waals surface area (Å²) < 4.78 is 10.2. The Kier molecular flexibility index (Phi) is 4.14. The molecule has 2 N–H and O–H groups in total. The summed E-state index contributed by atoms with van der Waals surface area (Å²) >= 11 is 0. The van der Waals surface area contributed by atoms with Crippen LogP contribution in [0.1, 0.15) is 21.7 Å². The molecule has 0 amide bonds. The fraction of sp³-hybridized carbons (Fsp3) is 0.214. The van der Waals surface area contributed by atoms with Crippen LogP contribution in [0.4, 0.5) is 5.69 Å². The second kappa shape index (κ2) is 6.01. The molecule has 0 saturated heterocycles. The molecule has 2 heterocycles. The number of aryl methyl sites for hydroxylation is 1. The van der Waals surface area contributed by atoms with Gasteiger partial charge in [0.25, 0.3) is 0 Å². The summed E-state index contributed by atoms with van der Waals surface area (Å²) in [5, 5.41) is 0. The summed E-state index contributed by atoms with van der Waals surface area (Å²) in [6.45, 7) is 1.78. The van der Waals surface area contributed by atoms with E-state index in [1.54, 1.807) is 31.2 Å². The lowest BCUT2D eigenvalue weighted by molar-refractivity contribution is 0.0465. The van der Waals surface area contributed by atoms with Crippen LogP contribution in [-0.2, 0) is 11.3 Å². The minimum atomic E-state index is -0.480. The maximum absolute atomic E-state index is 12.0. The Morgan fingerprint density at radius 2 is 2.20 bits per heavy atom. The van der Waals surface area contributed by atoms with Crippen molar-refractivity contribution in [2.75, 3.05) is 12.8 Å². The molecule has 2 rings (SSSR count). The van der Waals surface area contributed by atoms with Crippen LogP contribution >= 0.6 is 0 Å². The van der Waals surface area contributed by atoms with Gasteiger partial charge in [-0.3, -0.25) is 4.98 Å². The minimum Gasteiger partial charge on any atom is -0.481 e. The van der Waals surface area contributed by atoms with Crippen molar-refractivity contribution in [3.8, 4) is 5.88 Å². The lowest BCUT2D eigenvalue weighted by atomic mass is 10.2. The molecule has 2 aromatic heterocycles. The molecule has 0 atom stereocenters. The highest BCUT2D eigenvalue weighted by molar-refractivity contribution is 5.91. The Balaban J connectivity index is 2.06. The standard InChI is InChI=1S/C14H15N3O3/c1-9-12(6-10(15)7-16-9)14(18)20-8-11-4-3-5-13(17-11)19-2/h3-7H,8,15H2,1-2H3. The highest BCUT2D eigenvalue weighted by Gasteiger charge is 2.12. The lowest BCUT2D eigenvalue weighted by Gasteiger charge is -2.07. The SMILES string of the molecule is COc1cccc(COC(=O)c2cc(N)cnc2C)n1. The second-order valence-electron chi connectivity index (χ2n) is 4.15. The molecule has 0 bridgehead atoms. The molecule has 0 unspecified atom stereocenters. The van der Waals surface area contributed by atoms with Crippen molar-refractivity contribution in [1.82, 2.24) is 9.97 Å². The van der Waals surface area contributed by atoms with Crippen LogP contribution in [0.25, 0.3) is 0 Å². The third kappa shape index (κ3) is 3.23. The van der Waals surface area contributed by atoms with E-state index >= 15 is 0 Å². The van der Waals surface area contributed by atoms with E-state index in [1.165, 1.54) is 13.3 Å². The fourth-order valence-corrected chi connectivity index (χ4v) is 1.62. The summed E-state index contributed by atoms with van der Waals surface area (Å²) in [4.78, 5) is 20.1. The number of anilines is 1. The number of carbonyl (C=O) groups is 1. The van der Waals surface area contributed by atoms with E-state index in [9.17, 15) is 4.79 Å². The van der Waals surface area contributed by atoms with Crippen molar-refractivity contribution < 1.29 is 14.3 Å². The highest BCUT2D eigenvalue weighted by Crippen LogP contribution is 2.13. The minimum absolute atomic E-state index is 0.0598. The highest BCUT2D eigenvalue weighted by atomic mass is 16.5. The van der Waals surface area contributed by atoms with Gasteiger partial charge >= 0.3 is 5.97 Å². The van der Waals surface area contributed by atoms with Crippen molar-refractivity contribution >= 4 is 11.7 Å². The Morgan fingerprint density at radius 3 is 2.95 bits per heavy atom. The molecule has 20 heavy (non-hydrogen) atoms. The van der Waals surface area contributed by atoms with Crippen LogP contribution in [0.2, 0.25) is 0 Å². The molecule has 2 aromatic rings. The lowest BCUT2D eigenvalue weighted by Crippen LogP contribution is -2.09. The van der Waals surface area contributed by atoms with Crippen LogP contribution in [0.3, 0.4) is 0 Å². The van der Waals surface area contributed by atoms with Crippen molar-refractivity contribution in [1.29, 1.82) is 0 Å². The third-order valence-electron chi connectivity index (χ3n) is 2.67. The van der Waals surface area contributed by atoms with Gasteiger partial charge in [-0.05, 0) is 19.1 Å². The van der Waals surface area contributed by atoms with Gasteiger partial charge in [0, 0.05) is 6.07 Å². The molecular formula is C14H15N3O3. The van der Waals surface area contributed by atoms with E-state index in [4.69, 9.17) is 15.2 Å². The van der Waals surface area contributed by atoms with E-state index in [2.05, 4.69) is 9.97 Å². The largest absolute Gasteiger partial charge is 0.481 e. The van der Waals surface area contributed by atoms with E-state index in [1.807, 2.05) is 0 Å². The molecule has 104 valence electrons. The van der Waals surface area contributed by atoms with Crippen molar-refractivity contribution in [2.24, 2.45) is 0 Å². The summed E-state index contributed by atoms with van der Waals surface area (Å²) in [5.74, 6) is -0.00716. The zero-order valence-electron chi connectivity index (χ0n) is 11.3. The summed E-state index contributed by atoms with van der Waals surface area (Å²) in [7, 11) is 1.53. The average Bonchev–Trinajstić information content (AvgIpc) is 2.47. The van der Waals surface area contributed by atoms with Crippen LogP contribution in [0.5, 0.6) is 5.88 Å². The monoisotopic (exact) mass is 273 g/mol. The molecule has 0 spiro atoms.